The molecule has 3 aromatic rings. The van der Waals surface area contributed by atoms with Gasteiger partial charge in [0.2, 0.25) is 5.95 Å². The molecule has 0 aliphatic carbocycles. The zero-order valence-electron chi connectivity index (χ0n) is 12.5. The molecule has 8 heteroatoms. The van der Waals surface area contributed by atoms with Crippen molar-refractivity contribution in [3.05, 3.63) is 29.6 Å². The molecule has 0 unspecified atom stereocenters. The normalized spacial score (nSPS) is 11.2. The standard InChI is InChI=1S/C14H20N8/c1-9-8-11(20-19-9)17-13-12-10(4-2-3-6-15)5-7-22(12)21-14(16)18-13/h5,7-8H,2-4,6,15H2,1H3,(H4,16,17,18,19,20,21). The first-order chi connectivity index (χ1) is 10.7. The molecule has 0 saturated carbocycles. The van der Waals surface area contributed by atoms with Gasteiger partial charge in [-0.2, -0.15) is 10.1 Å². The highest BCUT2D eigenvalue weighted by molar-refractivity contribution is 5.76. The first kappa shape index (κ1) is 14.3. The van der Waals surface area contributed by atoms with Crippen LogP contribution >= 0.6 is 0 Å². The molecule has 3 heterocycles. The van der Waals surface area contributed by atoms with Crippen molar-refractivity contribution in [2.75, 3.05) is 17.6 Å². The van der Waals surface area contributed by atoms with Crippen LogP contribution < -0.4 is 16.8 Å². The minimum Gasteiger partial charge on any atom is -0.366 e. The van der Waals surface area contributed by atoms with Crippen LogP contribution in [0, 0.1) is 6.92 Å². The Hall–Kier alpha value is -2.61. The molecule has 3 aromatic heterocycles. The maximum absolute atomic E-state index is 5.79. The molecule has 6 N–H and O–H groups in total. The van der Waals surface area contributed by atoms with Gasteiger partial charge in [0.15, 0.2) is 11.6 Å². The van der Waals surface area contributed by atoms with Crippen molar-refractivity contribution >= 4 is 23.1 Å². The summed E-state index contributed by atoms with van der Waals surface area (Å²) in [6, 6.07) is 3.95. The van der Waals surface area contributed by atoms with Crippen LogP contribution in [0.15, 0.2) is 18.3 Å². The summed E-state index contributed by atoms with van der Waals surface area (Å²) in [6.45, 7) is 2.64. The van der Waals surface area contributed by atoms with Crippen molar-refractivity contribution in [2.24, 2.45) is 5.73 Å². The second kappa shape index (κ2) is 6.02. The molecule has 0 radical (unpaired) electrons. The molecule has 0 bridgehead atoms. The van der Waals surface area contributed by atoms with E-state index in [9.17, 15) is 0 Å². The number of hydrogen-bond acceptors (Lipinski definition) is 6. The van der Waals surface area contributed by atoms with Crippen LogP contribution in [-0.4, -0.2) is 31.3 Å². The van der Waals surface area contributed by atoms with E-state index in [1.807, 2.05) is 25.3 Å². The third-order valence-electron chi connectivity index (χ3n) is 3.46. The first-order valence-corrected chi connectivity index (χ1v) is 7.30. The number of aromatic amines is 1. The number of fused-ring (bicyclic) bond motifs is 1. The Morgan fingerprint density at radius 1 is 1.36 bits per heavy atom. The number of H-pyrrole nitrogens is 1. The minimum absolute atomic E-state index is 0.214. The van der Waals surface area contributed by atoms with Crippen LogP contribution in [0.1, 0.15) is 24.1 Å². The predicted molar refractivity (Wildman–Crippen MR) is 86.0 cm³/mol. The van der Waals surface area contributed by atoms with E-state index in [2.05, 4.69) is 25.6 Å². The Bertz CT molecular complexity index is 772. The molecule has 3 rings (SSSR count). The van der Waals surface area contributed by atoms with Crippen LogP contribution in [0.25, 0.3) is 5.52 Å². The third-order valence-corrected chi connectivity index (χ3v) is 3.46. The van der Waals surface area contributed by atoms with Gasteiger partial charge in [-0.3, -0.25) is 5.10 Å². The van der Waals surface area contributed by atoms with Gasteiger partial charge in [-0.05, 0) is 44.4 Å². The van der Waals surface area contributed by atoms with E-state index >= 15 is 0 Å². The summed E-state index contributed by atoms with van der Waals surface area (Å²) in [5.41, 5.74) is 14.4. The molecule has 116 valence electrons. The molecule has 0 fully saturated rings. The SMILES string of the molecule is Cc1cc(Nc2nc(N)nn3ccc(CCCCN)c23)n[nH]1. The van der Waals surface area contributed by atoms with Gasteiger partial charge >= 0.3 is 0 Å². The van der Waals surface area contributed by atoms with Gasteiger partial charge in [-0.25, -0.2) is 4.52 Å². The molecule has 0 saturated heterocycles. The Morgan fingerprint density at radius 2 is 2.23 bits per heavy atom. The molecule has 0 atom stereocenters. The van der Waals surface area contributed by atoms with Gasteiger partial charge in [0.25, 0.3) is 0 Å². The monoisotopic (exact) mass is 300 g/mol. The minimum atomic E-state index is 0.214. The van der Waals surface area contributed by atoms with Gasteiger partial charge < -0.3 is 16.8 Å². The average Bonchev–Trinajstić information content (AvgIpc) is 3.06. The molecular weight excluding hydrogens is 280 g/mol. The van der Waals surface area contributed by atoms with E-state index in [0.717, 1.165) is 30.5 Å². The van der Waals surface area contributed by atoms with Crippen molar-refractivity contribution in [3.8, 4) is 0 Å². The van der Waals surface area contributed by atoms with Crippen molar-refractivity contribution in [3.63, 3.8) is 0 Å². The Balaban J connectivity index is 1.97. The maximum atomic E-state index is 5.79. The lowest BCUT2D eigenvalue weighted by molar-refractivity contribution is 0.747. The highest BCUT2D eigenvalue weighted by Gasteiger charge is 2.13. The number of anilines is 3. The van der Waals surface area contributed by atoms with E-state index < -0.39 is 0 Å². The Kier molecular flexibility index (Phi) is 3.92. The summed E-state index contributed by atoms with van der Waals surface area (Å²) in [5, 5.41) is 14.5. The Labute approximate surface area is 127 Å². The topological polar surface area (TPSA) is 123 Å². The average molecular weight is 300 g/mol. The van der Waals surface area contributed by atoms with Crippen molar-refractivity contribution in [1.82, 2.24) is 24.8 Å². The van der Waals surface area contributed by atoms with Crippen LogP contribution in [0.3, 0.4) is 0 Å². The van der Waals surface area contributed by atoms with Crippen molar-refractivity contribution < 1.29 is 0 Å². The van der Waals surface area contributed by atoms with Gasteiger partial charge in [0.1, 0.15) is 5.52 Å². The number of rotatable bonds is 6. The maximum Gasteiger partial charge on any atom is 0.240 e. The summed E-state index contributed by atoms with van der Waals surface area (Å²) in [4.78, 5) is 4.32. The van der Waals surface area contributed by atoms with E-state index in [1.165, 1.54) is 5.56 Å². The number of aryl methyl sites for hydroxylation is 2. The number of nitrogens with zero attached hydrogens (tertiary/aromatic N) is 4. The molecule has 0 aromatic carbocycles. The van der Waals surface area contributed by atoms with Gasteiger partial charge in [-0.1, -0.05) is 0 Å². The summed E-state index contributed by atoms with van der Waals surface area (Å²) in [7, 11) is 0. The quantitative estimate of drug-likeness (QED) is 0.510. The second-order valence-corrected chi connectivity index (χ2v) is 5.26. The Morgan fingerprint density at radius 3 is 2.95 bits per heavy atom. The summed E-state index contributed by atoms with van der Waals surface area (Å²) >= 11 is 0. The van der Waals surface area contributed by atoms with Gasteiger partial charge in [-0.15, -0.1) is 5.10 Å². The number of nitrogens with two attached hydrogens (primary N) is 2. The van der Waals surface area contributed by atoms with E-state index in [-0.39, 0.29) is 5.95 Å². The summed E-state index contributed by atoms with van der Waals surface area (Å²) in [5.74, 6) is 1.57. The zero-order valence-corrected chi connectivity index (χ0v) is 12.5. The highest BCUT2D eigenvalue weighted by Crippen LogP contribution is 2.24. The lowest BCUT2D eigenvalue weighted by Gasteiger charge is -2.08. The van der Waals surface area contributed by atoms with E-state index in [4.69, 9.17) is 11.5 Å². The summed E-state index contributed by atoms with van der Waals surface area (Å²) < 4.78 is 1.75. The van der Waals surface area contributed by atoms with Crippen LogP contribution in [-0.2, 0) is 6.42 Å². The molecule has 0 amide bonds. The zero-order chi connectivity index (χ0) is 15.5. The number of unbranched alkanes of at least 4 members (excludes halogenated alkanes) is 1. The number of nitrogen functional groups attached to an aromatic ring is 1. The van der Waals surface area contributed by atoms with Crippen LogP contribution in [0.4, 0.5) is 17.6 Å². The van der Waals surface area contributed by atoms with E-state index in [0.29, 0.717) is 18.2 Å². The fourth-order valence-corrected chi connectivity index (χ4v) is 2.46. The fourth-order valence-electron chi connectivity index (χ4n) is 2.46. The molecule has 0 aliphatic heterocycles. The molecule has 0 aliphatic rings. The molecule has 8 nitrogen and oxygen atoms in total. The summed E-state index contributed by atoms with van der Waals surface area (Å²) in [6.07, 6.45) is 4.84. The van der Waals surface area contributed by atoms with Crippen molar-refractivity contribution in [2.45, 2.75) is 26.2 Å². The fraction of sp³-hybridized carbons (Fsp3) is 0.357. The van der Waals surface area contributed by atoms with Gasteiger partial charge in [0, 0.05) is 18.0 Å². The number of hydrogen-bond donors (Lipinski definition) is 4. The first-order valence-electron chi connectivity index (χ1n) is 7.30. The second-order valence-electron chi connectivity index (χ2n) is 5.26. The number of aromatic nitrogens is 5. The van der Waals surface area contributed by atoms with Crippen LogP contribution in [0.2, 0.25) is 0 Å². The number of nitrogens with one attached hydrogen (secondary N) is 2. The van der Waals surface area contributed by atoms with Crippen LogP contribution in [0.5, 0.6) is 0 Å². The molecule has 22 heavy (non-hydrogen) atoms. The lowest BCUT2D eigenvalue weighted by atomic mass is 10.1. The smallest absolute Gasteiger partial charge is 0.240 e. The van der Waals surface area contributed by atoms with Crippen molar-refractivity contribution in [1.29, 1.82) is 0 Å². The molecular formula is C14H20N8. The third kappa shape index (κ3) is 2.86. The van der Waals surface area contributed by atoms with E-state index in [1.54, 1.807) is 4.52 Å². The lowest BCUT2D eigenvalue weighted by Crippen LogP contribution is -2.06. The highest BCUT2D eigenvalue weighted by atomic mass is 15.3. The largest absolute Gasteiger partial charge is 0.366 e. The predicted octanol–water partition coefficient (Wildman–Crippen LogP) is 1.37. The van der Waals surface area contributed by atoms with Gasteiger partial charge in [0.05, 0.1) is 0 Å². The molecule has 0 spiro atoms.